The van der Waals surface area contributed by atoms with Crippen LogP contribution in [0, 0.1) is 45.9 Å². The molecule has 0 saturated heterocycles. The lowest BCUT2D eigenvalue weighted by Gasteiger charge is -2.12. The number of benzene rings is 2. The number of amides is 1. The minimum absolute atomic E-state index is 0.0368. The van der Waals surface area contributed by atoms with Crippen LogP contribution in [0.4, 0.5) is 5.69 Å². The van der Waals surface area contributed by atoms with E-state index in [-0.39, 0.29) is 5.57 Å². The molecule has 1 amide bonds. The molecule has 0 saturated carbocycles. The van der Waals surface area contributed by atoms with Crippen LogP contribution in [0.25, 0.3) is 11.8 Å². The number of nitrogens with one attached hydrogen (secondary N) is 1. The third-order valence-electron chi connectivity index (χ3n) is 5.40. The minimum Gasteiger partial charge on any atom is -0.321 e. The van der Waals surface area contributed by atoms with E-state index >= 15 is 0 Å². The van der Waals surface area contributed by atoms with E-state index in [1.807, 2.05) is 32.9 Å². The number of aromatic nitrogens is 1. The molecular weight excluding hydrogens is 394 g/mol. The number of hydrogen-bond donors (Lipinski definition) is 1. The molecule has 4 nitrogen and oxygen atoms in total. The van der Waals surface area contributed by atoms with Gasteiger partial charge in [-0.15, -0.1) is 0 Å². The Balaban J connectivity index is 1.96. The number of nitrogens with zero attached hydrogens (tertiary/aromatic N) is 2. The van der Waals surface area contributed by atoms with Crippen LogP contribution in [-0.4, -0.2) is 10.5 Å². The molecule has 0 aliphatic heterocycles. The quantitative estimate of drug-likeness (QED) is 0.404. The first-order valence-electron chi connectivity index (χ1n) is 9.67. The Labute approximate surface area is 182 Å². The molecule has 0 atom stereocenters. The normalized spacial score (nSPS) is 11.3. The Morgan fingerprint density at radius 3 is 2.47 bits per heavy atom. The molecule has 1 heterocycles. The Morgan fingerprint density at radius 2 is 1.80 bits per heavy atom. The molecule has 152 valence electrons. The summed E-state index contributed by atoms with van der Waals surface area (Å²) < 4.78 is 2.13. The SMILES string of the molecule is Cc1ccc(-n2c(C)cc(/C=C(\C#N)C(=O)Nc3cccc(Cl)c3C)c2C)cc1C. The lowest BCUT2D eigenvalue weighted by atomic mass is 10.1. The zero-order chi connectivity index (χ0) is 22.0. The summed E-state index contributed by atoms with van der Waals surface area (Å²) in [5.74, 6) is -0.459. The van der Waals surface area contributed by atoms with E-state index < -0.39 is 5.91 Å². The molecule has 2 aromatic carbocycles. The maximum Gasteiger partial charge on any atom is 0.266 e. The first-order valence-corrected chi connectivity index (χ1v) is 10.1. The average molecular weight is 418 g/mol. The van der Waals surface area contributed by atoms with Gasteiger partial charge in [-0.25, -0.2) is 0 Å². The number of rotatable bonds is 4. The van der Waals surface area contributed by atoms with E-state index in [1.165, 1.54) is 11.1 Å². The van der Waals surface area contributed by atoms with Gasteiger partial charge in [-0.05, 0) is 93.3 Å². The van der Waals surface area contributed by atoms with Crippen molar-refractivity contribution < 1.29 is 4.79 Å². The van der Waals surface area contributed by atoms with Gasteiger partial charge in [-0.2, -0.15) is 5.26 Å². The molecule has 0 aliphatic rings. The predicted octanol–water partition coefficient (Wildman–Crippen LogP) is 6.22. The second kappa shape index (κ2) is 8.61. The smallest absolute Gasteiger partial charge is 0.266 e. The molecule has 0 bridgehead atoms. The molecule has 1 aromatic heterocycles. The van der Waals surface area contributed by atoms with E-state index in [0.717, 1.165) is 28.2 Å². The van der Waals surface area contributed by atoms with Crippen molar-refractivity contribution in [2.24, 2.45) is 0 Å². The fourth-order valence-corrected chi connectivity index (χ4v) is 3.61. The van der Waals surface area contributed by atoms with Gasteiger partial charge in [-0.3, -0.25) is 4.79 Å². The second-order valence-corrected chi connectivity index (χ2v) is 7.87. The largest absolute Gasteiger partial charge is 0.321 e. The Bertz CT molecular complexity index is 1210. The first kappa shape index (κ1) is 21.4. The monoisotopic (exact) mass is 417 g/mol. The summed E-state index contributed by atoms with van der Waals surface area (Å²) in [6, 6.07) is 15.6. The fraction of sp³-hybridized carbons (Fsp3) is 0.200. The summed E-state index contributed by atoms with van der Waals surface area (Å²) in [7, 11) is 0. The Morgan fingerprint density at radius 1 is 1.07 bits per heavy atom. The van der Waals surface area contributed by atoms with Gasteiger partial charge in [0, 0.05) is 27.8 Å². The highest BCUT2D eigenvalue weighted by Gasteiger charge is 2.15. The maximum atomic E-state index is 12.7. The predicted molar refractivity (Wildman–Crippen MR) is 123 cm³/mol. The van der Waals surface area contributed by atoms with Crippen molar-refractivity contribution in [1.82, 2.24) is 4.57 Å². The Hall–Kier alpha value is -3.29. The molecule has 3 aromatic rings. The summed E-state index contributed by atoms with van der Waals surface area (Å²) in [5, 5.41) is 12.9. The van der Waals surface area contributed by atoms with E-state index in [2.05, 4.69) is 41.9 Å². The van der Waals surface area contributed by atoms with E-state index in [9.17, 15) is 10.1 Å². The van der Waals surface area contributed by atoms with Crippen LogP contribution in [0.15, 0.2) is 48.0 Å². The van der Waals surface area contributed by atoms with Crippen molar-refractivity contribution in [3.8, 4) is 11.8 Å². The third-order valence-corrected chi connectivity index (χ3v) is 5.81. The van der Waals surface area contributed by atoms with Gasteiger partial charge in [0.25, 0.3) is 5.91 Å². The molecule has 0 aliphatic carbocycles. The molecule has 0 spiro atoms. The summed E-state index contributed by atoms with van der Waals surface area (Å²) in [6.45, 7) is 10.00. The molecule has 0 unspecified atom stereocenters. The number of carbonyl (C=O) groups excluding carboxylic acids is 1. The lowest BCUT2D eigenvalue weighted by Crippen LogP contribution is -2.14. The van der Waals surface area contributed by atoms with Crippen molar-refractivity contribution >= 4 is 29.3 Å². The van der Waals surface area contributed by atoms with Crippen LogP contribution in [-0.2, 0) is 4.79 Å². The van der Waals surface area contributed by atoms with Gasteiger partial charge in [0.15, 0.2) is 0 Å². The molecule has 0 fully saturated rings. The van der Waals surface area contributed by atoms with Gasteiger partial charge in [0.2, 0.25) is 0 Å². The summed E-state index contributed by atoms with van der Waals surface area (Å²) in [4.78, 5) is 12.7. The van der Waals surface area contributed by atoms with E-state index in [0.29, 0.717) is 10.7 Å². The molecule has 1 N–H and O–H groups in total. The minimum atomic E-state index is -0.459. The van der Waals surface area contributed by atoms with E-state index in [4.69, 9.17) is 11.6 Å². The standard InChI is InChI=1S/C25H24ClN3O/c1-15-9-10-22(11-16(15)2)29-17(3)12-20(19(29)5)13-21(14-27)25(30)28-24-8-6-7-23(26)18(24)4/h6-13H,1-5H3,(H,28,30)/b21-13+. The van der Waals surface area contributed by atoms with Gasteiger partial charge < -0.3 is 9.88 Å². The molecule has 0 radical (unpaired) electrons. The molecule has 30 heavy (non-hydrogen) atoms. The van der Waals surface area contributed by atoms with Crippen LogP contribution in [0.5, 0.6) is 0 Å². The first-order chi connectivity index (χ1) is 14.2. The van der Waals surface area contributed by atoms with Crippen LogP contribution >= 0.6 is 11.6 Å². The molecule has 3 rings (SSSR count). The van der Waals surface area contributed by atoms with Gasteiger partial charge in [-0.1, -0.05) is 23.7 Å². The second-order valence-electron chi connectivity index (χ2n) is 7.47. The number of aryl methyl sites for hydroxylation is 3. The highest BCUT2D eigenvalue weighted by Crippen LogP contribution is 2.26. The highest BCUT2D eigenvalue weighted by atomic mass is 35.5. The van der Waals surface area contributed by atoms with Crippen LogP contribution in [0.1, 0.15) is 33.6 Å². The van der Waals surface area contributed by atoms with Crippen LogP contribution in [0.3, 0.4) is 0 Å². The van der Waals surface area contributed by atoms with Crippen LogP contribution < -0.4 is 5.32 Å². The number of halogens is 1. The van der Waals surface area contributed by atoms with Crippen molar-refractivity contribution in [2.45, 2.75) is 34.6 Å². The fourth-order valence-electron chi connectivity index (χ4n) is 3.43. The highest BCUT2D eigenvalue weighted by molar-refractivity contribution is 6.31. The number of nitriles is 1. The number of hydrogen-bond acceptors (Lipinski definition) is 2. The van der Waals surface area contributed by atoms with Crippen molar-refractivity contribution in [3.05, 3.63) is 86.7 Å². The van der Waals surface area contributed by atoms with Crippen molar-refractivity contribution in [2.75, 3.05) is 5.32 Å². The van der Waals surface area contributed by atoms with Crippen LogP contribution in [0.2, 0.25) is 5.02 Å². The van der Waals surface area contributed by atoms with Gasteiger partial charge in [0.05, 0.1) is 0 Å². The summed E-state index contributed by atoms with van der Waals surface area (Å²) in [6.07, 6.45) is 1.63. The average Bonchev–Trinajstić information content (AvgIpc) is 2.98. The number of carbonyl (C=O) groups is 1. The lowest BCUT2D eigenvalue weighted by molar-refractivity contribution is -0.112. The van der Waals surface area contributed by atoms with Crippen molar-refractivity contribution in [1.29, 1.82) is 5.26 Å². The number of anilines is 1. The molecule has 5 heteroatoms. The maximum absolute atomic E-state index is 12.7. The molecular formula is C25H24ClN3O. The van der Waals surface area contributed by atoms with Crippen molar-refractivity contribution in [3.63, 3.8) is 0 Å². The zero-order valence-corrected chi connectivity index (χ0v) is 18.6. The Kier molecular flexibility index (Phi) is 6.14. The topological polar surface area (TPSA) is 57.8 Å². The zero-order valence-electron chi connectivity index (χ0n) is 17.8. The van der Waals surface area contributed by atoms with E-state index in [1.54, 1.807) is 24.3 Å². The summed E-state index contributed by atoms with van der Waals surface area (Å²) >= 11 is 6.13. The summed E-state index contributed by atoms with van der Waals surface area (Å²) in [5.41, 5.74) is 7.74. The van der Waals surface area contributed by atoms with Gasteiger partial charge in [0.1, 0.15) is 11.6 Å². The van der Waals surface area contributed by atoms with Gasteiger partial charge >= 0.3 is 0 Å². The third kappa shape index (κ3) is 4.17.